The first-order valence-corrected chi connectivity index (χ1v) is 9.82. The van der Waals surface area contributed by atoms with Crippen molar-refractivity contribution in [3.8, 4) is 17.3 Å². The van der Waals surface area contributed by atoms with Crippen molar-refractivity contribution in [1.82, 2.24) is 20.3 Å². The molecule has 10 heteroatoms. The van der Waals surface area contributed by atoms with Crippen molar-refractivity contribution >= 4 is 23.5 Å². The third-order valence-electron chi connectivity index (χ3n) is 4.37. The molecule has 2 atom stereocenters. The van der Waals surface area contributed by atoms with Crippen LogP contribution in [0.25, 0.3) is 11.3 Å². The van der Waals surface area contributed by atoms with E-state index in [4.69, 9.17) is 26.1 Å². The molecule has 0 saturated carbocycles. The highest BCUT2D eigenvalue weighted by atomic mass is 35.5. The zero-order valence-corrected chi connectivity index (χ0v) is 17.9. The Morgan fingerprint density at radius 1 is 1.32 bits per heavy atom. The van der Waals surface area contributed by atoms with Crippen molar-refractivity contribution in [3.05, 3.63) is 58.6 Å². The molecule has 0 saturated heterocycles. The highest BCUT2D eigenvalue weighted by Gasteiger charge is 2.20. The molecule has 3 aromatic rings. The van der Waals surface area contributed by atoms with Crippen molar-refractivity contribution in [2.75, 3.05) is 0 Å². The summed E-state index contributed by atoms with van der Waals surface area (Å²) >= 11 is 6.09. The van der Waals surface area contributed by atoms with Gasteiger partial charge in [-0.05, 0) is 32.0 Å². The molecule has 31 heavy (non-hydrogen) atoms. The molecule has 0 spiro atoms. The van der Waals surface area contributed by atoms with Gasteiger partial charge >= 0.3 is 5.97 Å². The molecule has 0 radical (unpaired) electrons. The fraction of sp³-hybridized carbons (Fsp3) is 0.286. The van der Waals surface area contributed by atoms with E-state index in [1.54, 1.807) is 36.0 Å². The number of carbonyl (C=O) groups excluding carboxylic acids is 2. The van der Waals surface area contributed by atoms with Crippen LogP contribution in [-0.4, -0.2) is 32.9 Å². The number of nitrogens with zero attached hydrogens (tertiary/aromatic N) is 4. The van der Waals surface area contributed by atoms with Crippen LogP contribution in [0.1, 0.15) is 48.7 Å². The number of hydrogen-bond acceptors (Lipinski definition) is 7. The zero-order valence-electron chi connectivity index (χ0n) is 17.1. The Morgan fingerprint density at radius 3 is 2.77 bits per heavy atom. The number of hydrogen-bond donors (Lipinski definition) is 1. The second-order valence-electron chi connectivity index (χ2n) is 6.97. The molecule has 0 aliphatic heterocycles. The van der Waals surface area contributed by atoms with Gasteiger partial charge in [-0.1, -0.05) is 22.8 Å². The molecule has 0 bridgehead atoms. The van der Waals surface area contributed by atoms with Gasteiger partial charge in [0.2, 0.25) is 0 Å². The van der Waals surface area contributed by atoms with Crippen molar-refractivity contribution in [1.29, 1.82) is 5.26 Å². The number of rotatable bonds is 7. The number of benzene rings is 1. The van der Waals surface area contributed by atoms with E-state index in [1.165, 1.54) is 13.0 Å². The van der Waals surface area contributed by atoms with Crippen LogP contribution in [0.15, 0.2) is 41.1 Å². The predicted octanol–water partition coefficient (Wildman–Crippen LogP) is 3.51. The summed E-state index contributed by atoms with van der Waals surface area (Å²) in [5, 5.41) is 20.4. The third-order valence-corrected chi connectivity index (χ3v) is 4.68. The van der Waals surface area contributed by atoms with Gasteiger partial charge < -0.3 is 14.6 Å². The second-order valence-corrected chi connectivity index (χ2v) is 7.38. The summed E-state index contributed by atoms with van der Waals surface area (Å²) < 4.78 is 11.8. The van der Waals surface area contributed by atoms with Crippen LogP contribution in [-0.2, 0) is 16.1 Å². The van der Waals surface area contributed by atoms with E-state index in [0.29, 0.717) is 22.8 Å². The molecule has 1 amide bonds. The molecular weight excluding hydrogens is 422 g/mol. The number of esters is 1. The summed E-state index contributed by atoms with van der Waals surface area (Å²) in [4.78, 5) is 23.4. The number of carbonyl (C=O) groups is 2. The number of nitriles is 1. The first-order chi connectivity index (χ1) is 14.8. The molecule has 1 N–H and O–H groups in total. The summed E-state index contributed by atoms with van der Waals surface area (Å²) in [6.45, 7) is 5.17. The SMILES string of the molecule is CC(=O)OC(C)c1cc(C(=O)NC(C)Cn2ccc(-c3ccc(C#N)c(Cl)c3)n2)no1. The van der Waals surface area contributed by atoms with Gasteiger partial charge in [-0.2, -0.15) is 10.4 Å². The van der Waals surface area contributed by atoms with Crippen molar-refractivity contribution in [2.45, 2.75) is 39.5 Å². The van der Waals surface area contributed by atoms with E-state index in [9.17, 15) is 9.59 Å². The molecule has 0 fully saturated rings. The van der Waals surface area contributed by atoms with Crippen LogP contribution < -0.4 is 5.32 Å². The zero-order chi connectivity index (χ0) is 22.5. The van der Waals surface area contributed by atoms with Gasteiger partial charge in [0, 0.05) is 30.8 Å². The fourth-order valence-corrected chi connectivity index (χ4v) is 3.12. The van der Waals surface area contributed by atoms with Gasteiger partial charge in [0.05, 0.1) is 22.8 Å². The Labute approximate surface area is 183 Å². The molecule has 0 aliphatic rings. The van der Waals surface area contributed by atoms with Gasteiger partial charge in [-0.3, -0.25) is 14.3 Å². The Morgan fingerprint density at radius 2 is 2.10 bits per heavy atom. The van der Waals surface area contributed by atoms with Gasteiger partial charge in [0.15, 0.2) is 17.6 Å². The van der Waals surface area contributed by atoms with E-state index in [-0.39, 0.29) is 17.5 Å². The van der Waals surface area contributed by atoms with Crippen LogP contribution in [0.5, 0.6) is 0 Å². The van der Waals surface area contributed by atoms with E-state index in [2.05, 4.69) is 15.6 Å². The maximum atomic E-state index is 12.4. The summed E-state index contributed by atoms with van der Waals surface area (Å²) in [5.41, 5.74) is 1.98. The summed E-state index contributed by atoms with van der Waals surface area (Å²) in [7, 11) is 0. The molecule has 160 valence electrons. The third kappa shape index (κ3) is 5.49. The number of ether oxygens (including phenoxy) is 1. The predicted molar refractivity (Wildman–Crippen MR) is 111 cm³/mol. The minimum atomic E-state index is -0.637. The first kappa shape index (κ1) is 22.1. The lowest BCUT2D eigenvalue weighted by Crippen LogP contribution is -2.36. The summed E-state index contributed by atoms with van der Waals surface area (Å²) in [5.74, 6) is -0.583. The molecule has 2 unspecified atom stereocenters. The lowest BCUT2D eigenvalue weighted by Gasteiger charge is -2.12. The highest BCUT2D eigenvalue weighted by molar-refractivity contribution is 6.32. The Hall–Kier alpha value is -3.64. The van der Waals surface area contributed by atoms with Gasteiger partial charge in [-0.15, -0.1) is 0 Å². The summed E-state index contributed by atoms with van der Waals surface area (Å²) in [6.07, 6.45) is 1.15. The first-order valence-electron chi connectivity index (χ1n) is 9.45. The number of amides is 1. The molecular formula is C21H20ClN5O4. The lowest BCUT2D eigenvalue weighted by molar-refractivity contribution is -0.146. The van der Waals surface area contributed by atoms with Gasteiger partial charge in [0.1, 0.15) is 6.07 Å². The monoisotopic (exact) mass is 441 g/mol. The minimum Gasteiger partial charge on any atom is -0.455 e. The van der Waals surface area contributed by atoms with E-state index < -0.39 is 18.0 Å². The van der Waals surface area contributed by atoms with Crippen LogP contribution in [0.2, 0.25) is 5.02 Å². The molecule has 2 aromatic heterocycles. The van der Waals surface area contributed by atoms with Crippen molar-refractivity contribution in [3.63, 3.8) is 0 Å². The van der Waals surface area contributed by atoms with Crippen LogP contribution in [0.4, 0.5) is 0 Å². The maximum Gasteiger partial charge on any atom is 0.303 e. The van der Waals surface area contributed by atoms with Crippen LogP contribution >= 0.6 is 11.6 Å². The Kier molecular flexibility index (Phi) is 6.72. The minimum absolute atomic E-state index is 0.0919. The smallest absolute Gasteiger partial charge is 0.303 e. The Balaban J connectivity index is 1.60. The standard InChI is InChI=1S/C21H20ClN5O4/c1-12(24-21(29)19-9-20(31-26-19)13(2)30-14(3)28)11-27-7-6-18(25-27)15-4-5-16(10-23)17(22)8-15/h4-9,12-13H,11H2,1-3H3,(H,24,29). The normalized spacial score (nSPS) is 12.6. The summed E-state index contributed by atoms with van der Waals surface area (Å²) in [6, 6.07) is 10.2. The lowest BCUT2D eigenvalue weighted by atomic mass is 10.1. The maximum absolute atomic E-state index is 12.4. The van der Waals surface area contributed by atoms with Crippen LogP contribution in [0.3, 0.4) is 0 Å². The number of nitrogens with one attached hydrogen (secondary N) is 1. The quantitative estimate of drug-likeness (QED) is 0.556. The molecule has 0 aliphatic carbocycles. The number of aromatic nitrogens is 3. The van der Waals surface area contributed by atoms with Crippen LogP contribution in [0, 0.1) is 11.3 Å². The van der Waals surface area contributed by atoms with E-state index in [1.807, 2.05) is 19.1 Å². The Bertz CT molecular complexity index is 1150. The van der Waals surface area contributed by atoms with Gasteiger partial charge in [0.25, 0.3) is 5.91 Å². The largest absolute Gasteiger partial charge is 0.455 e. The average Bonchev–Trinajstić information content (AvgIpc) is 3.37. The second kappa shape index (κ2) is 9.45. The number of halogens is 1. The fourth-order valence-electron chi connectivity index (χ4n) is 2.90. The molecule has 2 heterocycles. The highest BCUT2D eigenvalue weighted by Crippen LogP contribution is 2.24. The van der Waals surface area contributed by atoms with E-state index in [0.717, 1.165) is 5.56 Å². The van der Waals surface area contributed by atoms with Crippen molar-refractivity contribution in [2.24, 2.45) is 0 Å². The average molecular weight is 442 g/mol. The molecule has 3 rings (SSSR count). The molecule has 9 nitrogen and oxygen atoms in total. The topological polar surface area (TPSA) is 123 Å². The van der Waals surface area contributed by atoms with Gasteiger partial charge in [-0.25, -0.2) is 0 Å². The van der Waals surface area contributed by atoms with E-state index >= 15 is 0 Å². The molecule has 1 aromatic carbocycles. The van der Waals surface area contributed by atoms with Crippen molar-refractivity contribution < 1.29 is 18.8 Å².